The molecule has 27 heavy (non-hydrogen) atoms. The minimum absolute atomic E-state index is 0.192. The first-order chi connectivity index (χ1) is 13.2. The van der Waals surface area contributed by atoms with E-state index < -0.39 is 0 Å². The predicted octanol–water partition coefficient (Wildman–Crippen LogP) is 2.49. The Hall–Kier alpha value is -2.51. The normalized spacial score (nSPS) is 14.2. The van der Waals surface area contributed by atoms with E-state index in [0.29, 0.717) is 37.1 Å². The van der Waals surface area contributed by atoms with Crippen molar-refractivity contribution in [2.45, 2.75) is 12.8 Å². The van der Waals surface area contributed by atoms with Crippen LogP contribution in [0.25, 0.3) is 10.9 Å². The number of benzene rings is 1. The molecular formula is C20H26N4O3. The maximum atomic E-state index is 12.3. The van der Waals surface area contributed by atoms with Crippen molar-refractivity contribution in [2.24, 2.45) is 5.92 Å². The average molecular weight is 370 g/mol. The molecule has 1 aliphatic rings. The molecule has 1 aromatic heterocycles. The standard InChI is InChI=1S/C20H26N4O3/c1-24(8-9-26-2)7-3-4-20(25)23-18-10-16-12-21-14-22-17(16)11-19(18)27-13-15-5-6-15/h3-4,10-12,14-15H,5-9,13H2,1-2H3,(H,23,25). The molecular weight excluding hydrogens is 344 g/mol. The third-order valence-corrected chi connectivity index (χ3v) is 4.40. The first kappa shape index (κ1) is 19.3. The van der Waals surface area contributed by atoms with Crippen molar-refractivity contribution in [1.29, 1.82) is 0 Å². The molecule has 1 N–H and O–H groups in total. The van der Waals surface area contributed by atoms with Gasteiger partial charge in [-0.3, -0.25) is 4.79 Å². The van der Waals surface area contributed by atoms with Gasteiger partial charge in [0.15, 0.2) is 0 Å². The SMILES string of the molecule is COCCN(C)CC=CC(=O)Nc1cc2cncnc2cc1OCC1CC1. The topological polar surface area (TPSA) is 76.6 Å². The molecule has 1 aliphatic carbocycles. The lowest BCUT2D eigenvalue weighted by atomic mass is 10.2. The van der Waals surface area contributed by atoms with Crippen LogP contribution in [0.4, 0.5) is 5.69 Å². The summed E-state index contributed by atoms with van der Waals surface area (Å²) < 4.78 is 11.0. The molecule has 1 fully saturated rings. The minimum Gasteiger partial charge on any atom is -0.491 e. The summed E-state index contributed by atoms with van der Waals surface area (Å²) >= 11 is 0. The van der Waals surface area contributed by atoms with Gasteiger partial charge in [0.2, 0.25) is 5.91 Å². The zero-order valence-corrected chi connectivity index (χ0v) is 15.9. The number of hydrogen-bond acceptors (Lipinski definition) is 6. The van der Waals surface area contributed by atoms with Gasteiger partial charge in [-0.15, -0.1) is 0 Å². The van der Waals surface area contributed by atoms with Gasteiger partial charge in [0.1, 0.15) is 12.1 Å². The Balaban J connectivity index is 1.66. The van der Waals surface area contributed by atoms with Crippen LogP contribution in [0.3, 0.4) is 0 Å². The van der Waals surface area contributed by atoms with Crippen molar-refractivity contribution < 1.29 is 14.3 Å². The molecule has 144 valence electrons. The maximum Gasteiger partial charge on any atom is 0.248 e. The van der Waals surface area contributed by atoms with Gasteiger partial charge in [0.05, 0.1) is 24.4 Å². The number of ether oxygens (including phenoxy) is 2. The highest BCUT2D eigenvalue weighted by Crippen LogP contribution is 2.33. The molecule has 7 heteroatoms. The Morgan fingerprint density at radius 3 is 3.04 bits per heavy atom. The van der Waals surface area contributed by atoms with Crippen LogP contribution in [-0.4, -0.2) is 61.2 Å². The molecule has 0 aliphatic heterocycles. The number of amides is 1. The largest absolute Gasteiger partial charge is 0.491 e. The fourth-order valence-corrected chi connectivity index (χ4v) is 2.57. The van der Waals surface area contributed by atoms with Gasteiger partial charge < -0.3 is 19.7 Å². The molecule has 0 bridgehead atoms. The fourth-order valence-electron chi connectivity index (χ4n) is 2.57. The molecule has 1 saturated carbocycles. The Kier molecular flexibility index (Phi) is 6.73. The third kappa shape index (κ3) is 6.01. The minimum atomic E-state index is -0.192. The lowest BCUT2D eigenvalue weighted by molar-refractivity contribution is -0.111. The molecule has 0 saturated heterocycles. The van der Waals surface area contributed by atoms with Crippen LogP contribution in [0.15, 0.2) is 36.8 Å². The van der Waals surface area contributed by atoms with E-state index in [1.807, 2.05) is 25.3 Å². The molecule has 1 aromatic carbocycles. The number of likely N-dealkylation sites (N-methyl/N-ethyl adjacent to an activating group) is 1. The summed E-state index contributed by atoms with van der Waals surface area (Å²) in [7, 11) is 3.66. The predicted molar refractivity (Wildman–Crippen MR) is 105 cm³/mol. The lowest BCUT2D eigenvalue weighted by Gasteiger charge is -2.14. The van der Waals surface area contributed by atoms with E-state index in [-0.39, 0.29) is 5.91 Å². The molecule has 0 radical (unpaired) electrons. The summed E-state index contributed by atoms with van der Waals surface area (Å²) in [5.74, 6) is 1.08. The van der Waals surface area contributed by atoms with Gasteiger partial charge in [0.25, 0.3) is 0 Å². The van der Waals surface area contributed by atoms with Crippen LogP contribution in [-0.2, 0) is 9.53 Å². The van der Waals surface area contributed by atoms with Gasteiger partial charge in [0, 0.05) is 43.9 Å². The number of aromatic nitrogens is 2. The Morgan fingerprint density at radius 1 is 1.41 bits per heavy atom. The van der Waals surface area contributed by atoms with Crippen LogP contribution in [0.1, 0.15) is 12.8 Å². The second-order valence-corrected chi connectivity index (χ2v) is 6.83. The highest BCUT2D eigenvalue weighted by atomic mass is 16.5. The molecule has 3 rings (SSSR count). The third-order valence-electron chi connectivity index (χ3n) is 4.40. The maximum absolute atomic E-state index is 12.3. The number of rotatable bonds is 10. The summed E-state index contributed by atoms with van der Waals surface area (Å²) in [6.45, 7) is 2.82. The van der Waals surface area contributed by atoms with Crippen molar-refractivity contribution in [3.8, 4) is 5.75 Å². The number of carbonyl (C=O) groups excluding carboxylic acids is 1. The number of hydrogen-bond donors (Lipinski definition) is 1. The van der Waals surface area contributed by atoms with Crippen LogP contribution < -0.4 is 10.1 Å². The summed E-state index contributed by atoms with van der Waals surface area (Å²) in [5, 5.41) is 3.77. The quantitative estimate of drug-likeness (QED) is 0.648. The molecule has 0 atom stereocenters. The van der Waals surface area contributed by atoms with Crippen LogP contribution >= 0.6 is 0 Å². The van der Waals surface area contributed by atoms with Crippen molar-refractivity contribution in [3.63, 3.8) is 0 Å². The van der Waals surface area contributed by atoms with Gasteiger partial charge >= 0.3 is 0 Å². The zero-order chi connectivity index (χ0) is 19.1. The zero-order valence-electron chi connectivity index (χ0n) is 15.9. The Labute approximate surface area is 159 Å². The van der Waals surface area contributed by atoms with E-state index >= 15 is 0 Å². The highest BCUT2D eigenvalue weighted by Gasteiger charge is 2.22. The number of anilines is 1. The molecule has 7 nitrogen and oxygen atoms in total. The smallest absolute Gasteiger partial charge is 0.248 e. The number of nitrogens with one attached hydrogen (secondary N) is 1. The van der Waals surface area contributed by atoms with E-state index in [9.17, 15) is 4.79 Å². The van der Waals surface area contributed by atoms with Gasteiger partial charge in [-0.05, 0) is 31.9 Å². The molecule has 1 heterocycles. The van der Waals surface area contributed by atoms with Crippen LogP contribution in [0.2, 0.25) is 0 Å². The molecule has 0 unspecified atom stereocenters. The monoisotopic (exact) mass is 370 g/mol. The van der Waals surface area contributed by atoms with Gasteiger partial charge in [-0.1, -0.05) is 6.08 Å². The fraction of sp³-hybridized carbons (Fsp3) is 0.450. The first-order valence-corrected chi connectivity index (χ1v) is 9.17. The van der Waals surface area contributed by atoms with E-state index in [0.717, 1.165) is 17.4 Å². The number of carbonyl (C=O) groups is 1. The Bertz CT molecular complexity index is 805. The average Bonchev–Trinajstić information content (AvgIpc) is 3.49. The van der Waals surface area contributed by atoms with Gasteiger partial charge in [-0.25, -0.2) is 9.97 Å². The molecule has 1 amide bonds. The second-order valence-electron chi connectivity index (χ2n) is 6.83. The van der Waals surface area contributed by atoms with Crippen molar-refractivity contribution >= 4 is 22.5 Å². The van der Waals surface area contributed by atoms with E-state index in [2.05, 4.69) is 20.2 Å². The summed E-state index contributed by atoms with van der Waals surface area (Å²) in [6, 6.07) is 3.71. The first-order valence-electron chi connectivity index (χ1n) is 9.17. The van der Waals surface area contributed by atoms with Crippen molar-refractivity contribution in [1.82, 2.24) is 14.9 Å². The summed E-state index contributed by atoms with van der Waals surface area (Å²) in [6.07, 6.45) is 9.02. The Morgan fingerprint density at radius 2 is 2.26 bits per heavy atom. The van der Waals surface area contributed by atoms with Crippen LogP contribution in [0.5, 0.6) is 5.75 Å². The van der Waals surface area contributed by atoms with E-state index in [1.165, 1.54) is 19.2 Å². The number of methoxy groups -OCH3 is 1. The van der Waals surface area contributed by atoms with Crippen LogP contribution in [0, 0.1) is 5.92 Å². The number of fused-ring (bicyclic) bond motifs is 1. The van der Waals surface area contributed by atoms with E-state index in [1.54, 1.807) is 19.4 Å². The van der Waals surface area contributed by atoms with Gasteiger partial charge in [-0.2, -0.15) is 0 Å². The molecule has 0 spiro atoms. The van der Waals surface area contributed by atoms with Crippen molar-refractivity contribution in [2.75, 3.05) is 45.8 Å². The summed E-state index contributed by atoms with van der Waals surface area (Å²) in [5.41, 5.74) is 1.43. The lowest BCUT2D eigenvalue weighted by Crippen LogP contribution is -2.23. The molecule has 2 aromatic rings. The number of nitrogens with zero attached hydrogens (tertiary/aromatic N) is 3. The second kappa shape index (κ2) is 9.43. The highest BCUT2D eigenvalue weighted by molar-refractivity contribution is 6.02. The van der Waals surface area contributed by atoms with Crippen molar-refractivity contribution in [3.05, 3.63) is 36.8 Å². The van der Waals surface area contributed by atoms with E-state index in [4.69, 9.17) is 9.47 Å². The summed E-state index contributed by atoms with van der Waals surface area (Å²) in [4.78, 5) is 22.7.